The van der Waals surface area contributed by atoms with Gasteiger partial charge in [-0.2, -0.15) is 18.3 Å². The molecule has 0 fully saturated rings. The average molecular weight is 428 g/mol. The number of hydrogen-bond donors (Lipinski definition) is 2. The van der Waals surface area contributed by atoms with Crippen molar-refractivity contribution in [3.05, 3.63) is 58.6 Å². The first-order chi connectivity index (χ1) is 13.7. The van der Waals surface area contributed by atoms with Gasteiger partial charge < -0.3 is 10.1 Å². The number of benzene rings is 2. The fourth-order valence-corrected chi connectivity index (χ4v) is 2.44. The van der Waals surface area contributed by atoms with Gasteiger partial charge >= 0.3 is 6.18 Å². The Morgan fingerprint density at radius 1 is 1.14 bits per heavy atom. The highest BCUT2D eigenvalue weighted by atomic mass is 35.5. The second-order valence-corrected chi connectivity index (χ2v) is 6.24. The van der Waals surface area contributed by atoms with Crippen molar-refractivity contribution in [2.75, 3.05) is 12.4 Å². The molecule has 0 saturated heterocycles. The largest absolute Gasteiger partial charge is 0.496 e. The summed E-state index contributed by atoms with van der Waals surface area (Å²) in [6.45, 7) is 0. The third-order valence-electron chi connectivity index (χ3n) is 3.64. The number of alkyl halides is 3. The van der Waals surface area contributed by atoms with E-state index in [1.54, 1.807) is 18.2 Å². The maximum atomic E-state index is 12.7. The maximum Gasteiger partial charge on any atom is 0.416 e. The first-order valence-electron chi connectivity index (χ1n) is 8.31. The highest BCUT2D eigenvalue weighted by Gasteiger charge is 2.30. The molecule has 10 heteroatoms. The van der Waals surface area contributed by atoms with E-state index in [1.807, 2.05) is 0 Å². The summed E-state index contributed by atoms with van der Waals surface area (Å²) in [5.41, 5.74) is 1.92. The molecule has 0 aliphatic carbocycles. The second kappa shape index (κ2) is 9.92. The highest BCUT2D eigenvalue weighted by Crippen LogP contribution is 2.30. The van der Waals surface area contributed by atoms with Crippen LogP contribution in [0.2, 0.25) is 5.02 Å². The first-order valence-corrected chi connectivity index (χ1v) is 8.69. The summed E-state index contributed by atoms with van der Waals surface area (Å²) in [6, 6.07) is 9.11. The van der Waals surface area contributed by atoms with Crippen LogP contribution in [-0.4, -0.2) is 25.1 Å². The maximum absolute atomic E-state index is 12.7. The summed E-state index contributed by atoms with van der Waals surface area (Å²) in [6.07, 6.45) is -3.59. The normalized spacial score (nSPS) is 11.3. The van der Waals surface area contributed by atoms with Gasteiger partial charge in [0.2, 0.25) is 11.8 Å². The zero-order valence-electron chi connectivity index (χ0n) is 15.2. The molecule has 6 nitrogen and oxygen atoms in total. The van der Waals surface area contributed by atoms with Gasteiger partial charge in [-0.05, 0) is 36.4 Å². The van der Waals surface area contributed by atoms with Crippen molar-refractivity contribution in [1.29, 1.82) is 0 Å². The Morgan fingerprint density at radius 2 is 1.86 bits per heavy atom. The third-order valence-corrected chi connectivity index (χ3v) is 3.87. The third kappa shape index (κ3) is 7.11. The quantitative estimate of drug-likeness (QED) is 0.512. The van der Waals surface area contributed by atoms with Gasteiger partial charge in [0.15, 0.2) is 0 Å². The molecule has 0 atom stereocenters. The van der Waals surface area contributed by atoms with E-state index < -0.39 is 23.6 Å². The number of methoxy groups -OCH3 is 1. The Kier molecular flexibility index (Phi) is 7.60. The summed E-state index contributed by atoms with van der Waals surface area (Å²) in [4.78, 5) is 23.6. The zero-order chi connectivity index (χ0) is 21.4. The smallest absolute Gasteiger partial charge is 0.416 e. The van der Waals surface area contributed by atoms with Gasteiger partial charge in [-0.1, -0.05) is 17.7 Å². The number of amides is 2. The molecule has 0 unspecified atom stereocenters. The van der Waals surface area contributed by atoms with Crippen LogP contribution in [-0.2, 0) is 15.8 Å². The predicted octanol–water partition coefficient (Wildman–Crippen LogP) is 4.24. The van der Waals surface area contributed by atoms with E-state index in [9.17, 15) is 22.8 Å². The first kappa shape index (κ1) is 22.2. The van der Waals surface area contributed by atoms with Gasteiger partial charge in [-0.3, -0.25) is 9.59 Å². The molecule has 0 bridgehead atoms. The number of hydrogen-bond acceptors (Lipinski definition) is 4. The van der Waals surface area contributed by atoms with E-state index in [0.717, 1.165) is 12.1 Å². The molecule has 2 aromatic rings. The molecule has 0 heterocycles. The second-order valence-electron chi connectivity index (χ2n) is 5.81. The molecule has 2 rings (SSSR count). The lowest BCUT2D eigenvalue weighted by atomic mass is 10.2. The van der Waals surface area contributed by atoms with Crippen LogP contribution in [0.3, 0.4) is 0 Å². The number of nitrogens with zero attached hydrogens (tertiary/aromatic N) is 1. The van der Waals surface area contributed by atoms with Gasteiger partial charge in [-0.25, -0.2) is 5.43 Å². The Labute approximate surface area is 169 Å². The molecule has 154 valence electrons. The monoisotopic (exact) mass is 427 g/mol. The molecular formula is C19H17ClF3N3O3. The summed E-state index contributed by atoms with van der Waals surface area (Å²) in [5.74, 6) is -0.630. The highest BCUT2D eigenvalue weighted by molar-refractivity contribution is 6.30. The minimum absolute atomic E-state index is 0.00342. The Hall–Kier alpha value is -3.07. The van der Waals surface area contributed by atoms with E-state index in [-0.39, 0.29) is 18.5 Å². The zero-order valence-corrected chi connectivity index (χ0v) is 16.0. The van der Waals surface area contributed by atoms with Gasteiger partial charge in [0.1, 0.15) is 5.75 Å². The number of nitrogens with one attached hydrogen (secondary N) is 2. The topological polar surface area (TPSA) is 79.8 Å². The summed E-state index contributed by atoms with van der Waals surface area (Å²) in [5, 5.41) is 6.56. The van der Waals surface area contributed by atoms with E-state index in [1.165, 1.54) is 25.5 Å². The SMILES string of the molecule is COc1ccc(Cl)cc1C=NNC(=O)CCC(=O)Nc1cccc(C(F)(F)F)c1. The van der Waals surface area contributed by atoms with Crippen LogP contribution in [0.25, 0.3) is 0 Å². The van der Waals surface area contributed by atoms with Gasteiger partial charge in [0.05, 0.1) is 18.9 Å². The van der Waals surface area contributed by atoms with Crippen molar-refractivity contribution in [3.8, 4) is 5.75 Å². The Bertz CT molecular complexity index is 917. The number of halogens is 4. The van der Waals surface area contributed by atoms with Crippen LogP contribution >= 0.6 is 11.6 Å². The molecule has 2 amide bonds. The number of rotatable bonds is 7. The number of anilines is 1. The standard InChI is InChI=1S/C19H17ClF3N3O3/c1-29-16-6-5-14(20)9-12(16)11-24-26-18(28)8-7-17(27)25-15-4-2-3-13(10-15)19(21,22)23/h2-6,9-11H,7-8H2,1H3,(H,25,27)(H,26,28). The van der Waals surface area contributed by atoms with Gasteiger partial charge in [0.25, 0.3) is 0 Å². The molecule has 0 radical (unpaired) electrons. The molecule has 0 aliphatic rings. The molecule has 2 aromatic carbocycles. The summed E-state index contributed by atoms with van der Waals surface area (Å²) < 4.78 is 43.2. The van der Waals surface area contributed by atoms with Crippen LogP contribution < -0.4 is 15.5 Å². The number of hydrazone groups is 1. The summed E-state index contributed by atoms with van der Waals surface area (Å²) >= 11 is 5.89. The van der Waals surface area contributed by atoms with Crippen LogP contribution in [0.4, 0.5) is 18.9 Å². The molecular weight excluding hydrogens is 411 g/mol. The van der Waals surface area contributed by atoms with Gasteiger partial charge in [0, 0.05) is 29.1 Å². The van der Waals surface area contributed by atoms with Crippen molar-refractivity contribution in [2.24, 2.45) is 5.10 Å². The molecule has 0 aliphatic heterocycles. The van der Waals surface area contributed by atoms with Gasteiger partial charge in [-0.15, -0.1) is 0 Å². The Balaban J connectivity index is 1.83. The van der Waals surface area contributed by atoms with Crippen LogP contribution in [0, 0.1) is 0 Å². The lowest BCUT2D eigenvalue weighted by molar-refractivity contribution is -0.137. The van der Waals surface area contributed by atoms with E-state index in [0.29, 0.717) is 16.3 Å². The molecule has 0 saturated carbocycles. The lowest BCUT2D eigenvalue weighted by Crippen LogP contribution is -2.20. The fraction of sp³-hybridized carbons (Fsp3) is 0.211. The minimum atomic E-state index is -4.51. The van der Waals surface area contributed by atoms with Crippen molar-refractivity contribution in [2.45, 2.75) is 19.0 Å². The van der Waals surface area contributed by atoms with Crippen LogP contribution in [0.1, 0.15) is 24.0 Å². The molecule has 29 heavy (non-hydrogen) atoms. The van der Waals surface area contributed by atoms with E-state index in [4.69, 9.17) is 16.3 Å². The minimum Gasteiger partial charge on any atom is -0.496 e. The lowest BCUT2D eigenvalue weighted by Gasteiger charge is -2.09. The van der Waals surface area contributed by atoms with Crippen molar-refractivity contribution >= 4 is 35.3 Å². The molecule has 2 N–H and O–H groups in total. The number of ether oxygens (including phenoxy) is 1. The Morgan fingerprint density at radius 3 is 2.55 bits per heavy atom. The van der Waals surface area contributed by atoms with E-state index >= 15 is 0 Å². The van der Waals surface area contributed by atoms with Crippen molar-refractivity contribution in [1.82, 2.24) is 5.43 Å². The predicted molar refractivity (Wildman–Crippen MR) is 103 cm³/mol. The van der Waals surface area contributed by atoms with Crippen LogP contribution in [0.5, 0.6) is 5.75 Å². The summed E-state index contributed by atoms with van der Waals surface area (Å²) in [7, 11) is 1.47. The fourth-order valence-electron chi connectivity index (χ4n) is 2.26. The number of carbonyl (C=O) groups excluding carboxylic acids is 2. The van der Waals surface area contributed by atoms with Crippen LogP contribution in [0.15, 0.2) is 47.6 Å². The number of carbonyl (C=O) groups is 2. The average Bonchev–Trinajstić information content (AvgIpc) is 2.66. The van der Waals surface area contributed by atoms with E-state index in [2.05, 4.69) is 15.8 Å². The molecule has 0 spiro atoms. The van der Waals surface area contributed by atoms with Crippen molar-refractivity contribution in [3.63, 3.8) is 0 Å². The molecule has 0 aromatic heterocycles. The van der Waals surface area contributed by atoms with Crippen molar-refractivity contribution < 1.29 is 27.5 Å².